The van der Waals surface area contributed by atoms with Gasteiger partial charge in [-0.3, -0.25) is 19.6 Å². The summed E-state index contributed by atoms with van der Waals surface area (Å²) in [6, 6.07) is 13.7. The molecule has 0 bridgehead atoms. The third-order valence-corrected chi connectivity index (χ3v) is 5.90. The number of hydrogen-bond donors (Lipinski definition) is 3. The third-order valence-electron chi connectivity index (χ3n) is 4.19. The number of hydrogen-bond acceptors (Lipinski definition) is 6. The standard InChI is InChI=1S/C20H14ClN3O7S/c21-18-9-8-16(32(30,31)23-13-6-4-12(5-7-13)20(26)27)11-17(18)19(25)22-14-2-1-3-15(10-14)24(28)29/h1-11,23H,(H,22,25)(H,26,27). The van der Waals surface area contributed by atoms with Gasteiger partial charge in [-0.1, -0.05) is 17.7 Å². The quantitative estimate of drug-likeness (QED) is 0.344. The van der Waals surface area contributed by atoms with Crippen LogP contribution in [-0.4, -0.2) is 30.3 Å². The zero-order valence-electron chi connectivity index (χ0n) is 16.0. The molecule has 0 aliphatic heterocycles. The molecule has 3 aromatic carbocycles. The molecule has 164 valence electrons. The number of carbonyl (C=O) groups excluding carboxylic acids is 1. The van der Waals surface area contributed by atoms with Crippen molar-refractivity contribution in [3.8, 4) is 0 Å². The Labute approximate surface area is 186 Å². The van der Waals surface area contributed by atoms with Gasteiger partial charge in [-0.05, 0) is 48.5 Å². The fraction of sp³-hybridized carbons (Fsp3) is 0. The Kier molecular flexibility index (Phi) is 6.42. The summed E-state index contributed by atoms with van der Waals surface area (Å²) in [5, 5.41) is 22.2. The van der Waals surface area contributed by atoms with Crippen molar-refractivity contribution in [2.24, 2.45) is 0 Å². The lowest BCUT2D eigenvalue weighted by Gasteiger charge is -2.11. The SMILES string of the molecule is O=C(O)c1ccc(NS(=O)(=O)c2ccc(Cl)c(C(=O)Nc3cccc([N+](=O)[O-])c3)c2)cc1. The lowest BCUT2D eigenvalue weighted by atomic mass is 10.2. The van der Waals surface area contributed by atoms with Crippen molar-refractivity contribution in [2.45, 2.75) is 4.90 Å². The Bertz CT molecular complexity index is 1330. The van der Waals surface area contributed by atoms with Gasteiger partial charge in [-0.15, -0.1) is 0 Å². The molecule has 0 aromatic heterocycles. The van der Waals surface area contributed by atoms with Crippen LogP contribution >= 0.6 is 11.6 Å². The van der Waals surface area contributed by atoms with Crippen LogP contribution in [0.25, 0.3) is 0 Å². The highest BCUT2D eigenvalue weighted by atomic mass is 35.5. The number of nitrogens with zero attached hydrogens (tertiary/aromatic N) is 1. The van der Waals surface area contributed by atoms with E-state index < -0.39 is 26.8 Å². The zero-order valence-corrected chi connectivity index (χ0v) is 17.6. The number of non-ortho nitro benzene ring substituents is 1. The third kappa shape index (κ3) is 5.20. The van der Waals surface area contributed by atoms with Gasteiger partial charge < -0.3 is 10.4 Å². The molecule has 3 aromatic rings. The number of amides is 1. The predicted octanol–water partition coefficient (Wildman–Crippen LogP) is 4.00. The fourth-order valence-corrected chi connectivity index (χ4v) is 3.92. The summed E-state index contributed by atoms with van der Waals surface area (Å²) in [7, 11) is -4.14. The maximum Gasteiger partial charge on any atom is 0.335 e. The molecule has 0 saturated carbocycles. The number of nitrogens with one attached hydrogen (secondary N) is 2. The van der Waals surface area contributed by atoms with E-state index in [2.05, 4.69) is 10.0 Å². The van der Waals surface area contributed by atoms with Crippen LogP contribution < -0.4 is 10.0 Å². The van der Waals surface area contributed by atoms with Gasteiger partial charge in [-0.2, -0.15) is 0 Å². The molecule has 0 heterocycles. The van der Waals surface area contributed by atoms with Crippen LogP contribution in [0.15, 0.2) is 71.6 Å². The maximum absolute atomic E-state index is 12.7. The molecule has 12 heteroatoms. The first-order valence-corrected chi connectivity index (χ1v) is 10.6. The van der Waals surface area contributed by atoms with Crippen molar-refractivity contribution < 1.29 is 28.0 Å². The Morgan fingerprint density at radius 1 is 0.969 bits per heavy atom. The van der Waals surface area contributed by atoms with Crippen molar-refractivity contribution in [2.75, 3.05) is 10.0 Å². The van der Waals surface area contributed by atoms with Crippen LogP contribution in [0.5, 0.6) is 0 Å². The van der Waals surface area contributed by atoms with Crippen molar-refractivity contribution in [1.82, 2.24) is 0 Å². The molecule has 0 saturated heterocycles. The molecule has 0 aliphatic carbocycles. The smallest absolute Gasteiger partial charge is 0.335 e. The number of sulfonamides is 1. The summed E-state index contributed by atoms with van der Waals surface area (Å²) in [5.74, 6) is -1.92. The van der Waals surface area contributed by atoms with E-state index in [1.807, 2.05) is 0 Å². The Balaban J connectivity index is 1.85. The number of aromatic carboxylic acids is 1. The van der Waals surface area contributed by atoms with E-state index in [9.17, 15) is 28.1 Å². The van der Waals surface area contributed by atoms with Crippen LogP contribution in [0, 0.1) is 10.1 Å². The lowest BCUT2D eigenvalue weighted by Crippen LogP contribution is -2.16. The minimum absolute atomic E-state index is 0.0143. The normalized spacial score (nSPS) is 10.9. The van der Waals surface area contributed by atoms with E-state index >= 15 is 0 Å². The lowest BCUT2D eigenvalue weighted by molar-refractivity contribution is -0.384. The molecule has 0 atom stereocenters. The number of carboxylic acid groups (broad SMARTS) is 1. The highest BCUT2D eigenvalue weighted by Gasteiger charge is 2.20. The van der Waals surface area contributed by atoms with Crippen LogP contribution in [0.2, 0.25) is 5.02 Å². The van der Waals surface area contributed by atoms with Crippen molar-refractivity contribution in [3.05, 3.63) is 93.0 Å². The molecule has 0 unspecified atom stereocenters. The Morgan fingerprint density at radius 3 is 2.28 bits per heavy atom. The fourth-order valence-electron chi connectivity index (χ4n) is 2.64. The highest BCUT2D eigenvalue weighted by Crippen LogP contribution is 2.25. The predicted molar refractivity (Wildman–Crippen MR) is 117 cm³/mol. The monoisotopic (exact) mass is 475 g/mol. The molecule has 0 spiro atoms. The van der Waals surface area contributed by atoms with E-state index in [0.29, 0.717) is 0 Å². The van der Waals surface area contributed by atoms with Crippen molar-refractivity contribution >= 4 is 50.6 Å². The molecular formula is C20H14ClN3O7S. The van der Waals surface area contributed by atoms with Crippen LogP contribution in [0.3, 0.4) is 0 Å². The Hall–Kier alpha value is -3.96. The summed E-state index contributed by atoms with van der Waals surface area (Å²) >= 11 is 6.06. The molecule has 3 rings (SSSR count). The van der Waals surface area contributed by atoms with Gasteiger partial charge >= 0.3 is 5.97 Å². The van der Waals surface area contributed by atoms with Gasteiger partial charge in [0.1, 0.15) is 0 Å². The van der Waals surface area contributed by atoms with Gasteiger partial charge in [0.2, 0.25) is 0 Å². The molecule has 0 radical (unpaired) electrons. The summed E-state index contributed by atoms with van der Waals surface area (Å²) in [6.45, 7) is 0. The number of nitro groups is 1. The molecule has 0 fully saturated rings. The first-order valence-electron chi connectivity index (χ1n) is 8.78. The second kappa shape index (κ2) is 9.04. The van der Waals surface area contributed by atoms with Gasteiger partial charge in [-0.25, -0.2) is 13.2 Å². The average Bonchev–Trinajstić information content (AvgIpc) is 2.74. The summed E-state index contributed by atoms with van der Waals surface area (Å²) in [6.07, 6.45) is 0. The largest absolute Gasteiger partial charge is 0.478 e. The number of rotatable bonds is 7. The van der Waals surface area contributed by atoms with Crippen molar-refractivity contribution in [3.63, 3.8) is 0 Å². The van der Waals surface area contributed by atoms with Gasteiger partial charge in [0.25, 0.3) is 21.6 Å². The maximum atomic E-state index is 12.7. The minimum Gasteiger partial charge on any atom is -0.478 e. The van der Waals surface area contributed by atoms with Crippen LogP contribution in [-0.2, 0) is 10.0 Å². The van der Waals surface area contributed by atoms with Gasteiger partial charge in [0.05, 0.1) is 26.0 Å². The number of benzene rings is 3. The van der Waals surface area contributed by atoms with E-state index in [0.717, 1.165) is 12.1 Å². The first-order chi connectivity index (χ1) is 15.1. The highest BCUT2D eigenvalue weighted by molar-refractivity contribution is 7.92. The van der Waals surface area contributed by atoms with Gasteiger partial charge in [0, 0.05) is 23.5 Å². The molecule has 10 nitrogen and oxygen atoms in total. The topological polar surface area (TPSA) is 156 Å². The summed E-state index contributed by atoms with van der Waals surface area (Å²) in [5.41, 5.74) is -0.164. The molecular weight excluding hydrogens is 462 g/mol. The number of carbonyl (C=O) groups is 2. The molecule has 32 heavy (non-hydrogen) atoms. The van der Waals surface area contributed by atoms with E-state index in [1.54, 1.807) is 0 Å². The Morgan fingerprint density at radius 2 is 1.66 bits per heavy atom. The number of nitro benzene ring substituents is 1. The summed E-state index contributed by atoms with van der Waals surface area (Å²) < 4.78 is 27.7. The summed E-state index contributed by atoms with van der Waals surface area (Å²) in [4.78, 5) is 33.5. The number of carboxylic acids is 1. The molecule has 3 N–H and O–H groups in total. The van der Waals surface area contributed by atoms with Crippen LogP contribution in [0.4, 0.5) is 17.1 Å². The number of halogens is 1. The number of anilines is 2. The van der Waals surface area contributed by atoms with E-state index in [4.69, 9.17) is 16.7 Å². The van der Waals surface area contributed by atoms with Crippen LogP contribution in [0.1, 0.15) is 20.7 Å². The van der Waals surface area contributed by atoms with Crippen molar-refractivity contribution in [1.29, 1.82) is 0 Å². The molecule has 0 aliphatic rings. The first kappa shape index (κ1) is 22.7. The van der Waals surface area contributed by atoms with E-state index in [-0.39, 0.29) is 38.1 Å². The average molecular weight is 476 g/mol. The molecule has 1 amide bonds. The second-order valence-corrected chi connectivity index (χ2v) is 8.48. The van der Waals surface area contributed by atoms with Gasteiger partial charge in [0.15, 0.2) is 0 Å². The second-order valence-electron chi connectivity index (χ2n) is 6.39. The zero-order chi connectivity index (χ0) is 23.5. The van der Waals surface area contributed by atoms with E-state index in [1.165, 1.54) is 54.6 Å². The minimum atomic E-state index is -4.14.